The van der Waals surface area contributed by atoms with Gasteiger partial charge in [-0.3, -0.25) is 0 Å². The van der Waals surface area contributed by atoms with Gasteiger partial charge in [-0.1, -0.05) is 40.0 Å². The molecule has 0 N–H and O–H groups in total. The third-order valence-corrected chi connectivity index (χ3v) is 9.12. The van der Waals surface area contributed by atoms with Crippen LogP contribution in [0, 0.1) is 0 Å². The number of unbranched alkanes of at least 4 members (excludes halogenated alkanes) is 3. The molecule has 0 bridgehead atoms. The summed E-state index contributed by atoms with van der Waals surface area (Å²) in [4.78, 5) is 15.4. The Balaban J connectivity index is 0.00000441. The lowest BCUT2D eigenvalue weighted by Gasteiger charge is -2.33. The Morgan fingerprint density at radius 2 is 1.32 bits per heavy atom. The van der Waals surface area contributed by atoms with Crippen LogP contribution < -0.4 is 12.4 Å². The van der Waals surface area contributed by atoms with Gasteiger partial charge in [0.15, 0.2) is 0 Å². The molecule has 1 fully saturated rings. The Hall–Kier alpha value is 0.150. The second-order valence-electron chi connectivity index (χ2n) is 6.26. The van der Waals surface area contributed by atoms with E-state index in [0.29, 0.717) is 5.65 Å². The standard InChI is InChI=1S/C17H35NO2P.ClH/c1-4-7-14-21(15-8-5-2,16-9-6-3)17(19)18-10-12-20-13-11-18;/h4-16H2,1-3H3;1H/q+1;/p-1. The van der Waals surface area contributed by atoms with E-state index in [1.54, 1.807) is 0 Å². The molecule has 1 heterocycles. The number of nitrogens with zero attached hydrogens (tertiary/aromatic N) is 1. The summed E-state index contributed by atoms with van der Waals surface area (Å²) >= 11 is 0. The van der Waals surface area contributed by atoms with Crippen molar-refractivity contribution in [3.8, 4) is 0 Å². The van der Waals surface area contributed by atoms with E-state index in [4.69, 9.17) is 4.74 Å². The smallest absolute Gasteiger partial charge is 0.362 e. The van der Waals surface area contributed by atoms with Crippen LogP contribution in [0.25, 0.3) is 0 Å². The minimum Gasteiger partial charge on any atom is -1.00 e. The molecule has 0 atom stereocenters. The first-order valence-corrected chi connectivity index (χ1v) is 11.3. The van der Waals surface area contributed by atoms with Crippen LogP contribution in [0.15, 0.2) is 0 Å². The zero-order valence-electron chi connectivity index (χ0n) is 14.8. The molecule has 132 valence electrons. The highest BCUT2D eigenvalue weighted by Crippen LogP contribution is 2.62. The third-order valence-electron chi connectivity index (χ3n) is 4.51. The zero-order valence-corrected chi connectivity index (χ0v) is 16.4. The van der Waals surface area contributed by atoms with Crippen molar-refractivity contribution in [3.05, 3.63) is 0 Å². The summed E-state index contributed by atoms with van der Waals surface area (Å²) in [5.41, 5.74) is 0.529. The Morgan fingerprint density at radius 3 is 1.68 bits per heavy atom. The van der Waals surface area contributed by atoms with Gasteiger partial charge < -0.3 is 22.0 Å². The molecule has 0 aromatic heterocycles. The summed E-state index contributed by atoms with van der Waals surface area (Å²) in [7, 11) is -1.47. The van der Waals surface area contributed by atoms with Crippen molar-refractivity contribution in [3.63, 3.8) is 0 Å². The van der Waals surface area contributed by atoms with Crippen LogP contribution in [0.4, 0.5) is 4.79 Å². The number of rotatable bonds is 10. The van der Waals surface area contributed by atoms with E-state index in [0.717, 1.165) is 26.3 Å². The molecule has 3 nitrogen and oxygen atoms in total. The van der Waals surface area contributed by atoms with Gasteiger partial charge in [0, 0.05) is 13.1 Å². The highest BCUT2D eigenvalue weighted by atomic mass is 35.5. The zero-order chi connectivity index (χ0) is 15.6. The van der Waals surface area contributed by atoms with Crippen LogP contribution in [0.2, 0.25) is 0 Å². The predicted octanol–water partition coefficient (Wildman–Crippen LogP) is 1.86. The minimum absolute atomic E-state index is 0. The van der Waals surface area contributed by atoms with Gasteiger partial charge in [0.2, 0.25) is 0 Å². The van der Waals surface area contributed by atoms with E-state index in [9.17, 15) is 4.79 Å². The van der Waals surface area contributed by atoms with E-state index >= 15 is 0 Å². The highest BCUT2D eigenvalue weighted by Gasteiger charge is 2.47. The van der Waals surface area contributed by atoms with Gasteiger partial charge in [0.05, 0.1) is 31.7 Å². The number of amides is 1. The van der Waals surface area contributed by atoms with Gasteiger partial charge in [0.25, 0.3) is 0 Å². The molecule has 0 saturated carbocycles. The fraction of sp³-hybridized carbons (Fsp3) is 0.941. The molecule has 1 saturated heterocycles. The summed E-state index contributed by atoms with van der Waals surface area (Å²) in [6, 6.07) is 0. The van der Waals surface area contributed by atoms with Gasteiger partial charge in [-0.05, 0) is 19.3 Å². The predicted molar refractivity (Wildman–Crippen MR) is 94.0 cm³/mol. The Kier molecular flexibility index (Phi) is 12.6. The van der Waals surface area contributed by atoms with Crippen molar-refractivity contribution < 1.29 is 21.9 Å². The van der Waals surface area contributed by atoms with Crippen molar-refractivity contribution in [1.82, 2.24) is 4.90 Å². The van der Waals surface area contributed by atoms with Gasteiger partial charge in [-0.25, -0.2) is 4.79 Å². The second kappa shape index (κ2) is 12.6. The number of ether oxygens (including phenoxy) is 1. The lowest BCUT2D eigenvalue weighted by atomic mass is 10.4. The SMILES string of the molecule is CCCC[P+](CCCC)(CCCC)C(=O)N1CCOCC1.[Cl-]. The summed E-state index contributed by atoms with van der Waals surface area (Å²) in [5, 5.41) is 0. The molecule has 0 radical (unpaired) electrons. The van der Waals surface area contributed by atoms with E-state index in [1.807, 2.05) is 0 Å². The summed E-state index contributed by atoms with van der Waals surface area (Å²) in [6.07, 6.45) is 10.8. The van der Waals surface area contributed by atoms with Crippen LogP contribution in [0.1, 0.15) is 59.3 Å². The van der Waals surface area contributed by atoms with Crippen LogP contribution in [-0.4, -0.2) is 55.3 Å². The molecular formula is C17H35ClNO2P. The number of carbonyl (C=O) groups is 1. The molecule has 22 heavy (non-hydrogen) atoms. The molecule has 1 amide bonds. The number of morpholine rings is 1. The van der Waals surface area contributed by atoms with Crippen molar-refractivity contribution in [1.29, 1.82) is 0 Å². The highest BCUT2D eigenvalue weighted by molar-refractivity contribution is 7.90. The normalized spacial score (nSPS) is 15.5. The van der Waals surface area contributed by atoms with Crippen LogP contribution in [0.3, 0.4) is 0 Å². The van der Waals surface area contributed by atoms with Gasteiger partial charge in [0.1, 0.15) is 7.26 Å². The van der Waals surface area contributed by atoms with Crippen LogP contribution in [-0.2, 0) is 4.74 Å². The first-order valence-electron chi connectivity index (χ1n) is 8.93. The molecule has 5 heteroatoms. The van der Waals surface area contributed by atoms with Crippen LogP contribution >= 0.6 is 7.26 Å². The van der Waals surface area contributed by atoms with E-state index in [-0.39, 0.29) is 12.4 Å². The number of halogens is 1. The Bertz CT molecular complexity index is 275. The average Bonchev–Trinajstić information content (AvgIpc) is 2.55. The van der Waals surface area contributed by atoms with Gasteiger partial charge in [-0.15, -0.1) is 0 Å². The second-order valence-corrected chi connectivity index (χ2v) is 10.3. The van der Waals surface area contributed by atoms with E-state index in [2.05, 4.69) is 25.7 Å². The van der Waals surface area contributed by atoms with E-state index in [1.165, 1.54) is 57.0 Å². The van der Waals surface area contributed by atoms with Crippen molar-refractivity contribution in [2.45, 2.75) is 59.3 Å². The Labute approximate surface area is 144 Å². The molecule has 1 rings (SSSR count). The first kappa shape index (κ1) is 22.1. The maximum atomic E-state index is 13.3. The Morgan fingerprint density at radius 1 is 0.909 bits per heavy atom. The molecule has 0 aliphatic carbocycles. The molecule has 0 aromatic rings. The molecule has 1 aliphatic heterocycles. The first-order chi connectivity index (χ1) is 10.2. The van der Waals surface area contributed by atoms with Crippen molar-refractivity contribution >= 4 is 12.9 Å². The van der Waals surface area contributed by atoms with Gasteiger partial charge in [-0.2, -0.15) is 0 Å². The number of hydrogen-bond acceptors (Lipinski definition) is 2. The lowest BCUT2D eigenvalue weighted by molar-refractivity contribution is -0.00000775. The summed E-state index contributed by atoms with van der Waals surface area (Å²) in [6.45, 7) is 9.80. The number of carbonyl (C=O) groups excluding carboxylic acids is 1. The van der Waals surface area contributed by atoms with Crippen molar-refractivity contribution in [2.75, 3.05) is 44.8 Å². The maximum absolute atomic E-state index is 13.3. The summed E-state index contributed by atoms with van der Waals surface area (Å²) in [5.74, 6) is 0. The fourth-order valence-electron chi connectivity index (χ4n) is 3.06. The topological polar surface area (TPSA) is 29.5 Å². The van der Waals surface area contributed by atoms with Crippen LogP contribution in [0.5, 0.6) is 0 Å². The molecule has 1 aliphatic rings. The molecule has 0 aromatic carbocycles. The maximum Gasteiger partial charge on any atom is 0.362 e. The monoisotopic (exact) mass is 351 g/mol. The number of hydrogen-bond donors (Lipinski definition) is 0. The average molecular weight is 352 g/mol. The third kappa shape index (κ3) is 6.72. The minimum atomic E-state index is -1.47. The molecule has 0 unspecified atom stereocenters. The lowest BCUT2D eigenvalue weighted by Crippen LogP contribution is -3.00. The summed E-state index contributed by atoms with van der Waals surface area (Å²) < 4.78 is 5.42. The van der Waals surface area contributed by atoms with Gasteiger partial charge >= 0.3 is 5.65 Å². The fourth-order valence-corrected chi connectivity index (χ4v) is 7.87. The van der Waals surface area contributed by atoms with E-state index < -0.39 is 7.26 Å². The quantitative estimate of drug-likeness (QED) is 0.562. The molecular weight excluding hydrogens is 317 g/mol. The molecule has 0 spiro atoms. The largest absolute Gasteiger partial charge is 1.00 e. The van der Waals surface area contributed by atoms with Crippen molar-refractivity contribution in [2.24, 2.45) is 0 Å².